The van der Waals surface area contributed by atoms with Crippen molar-refractivity contribution >= 4 is 17.3 Å². The molecule has 1 aliphatic carbocycles. The van der Waals surface area contributed by atoms with E-state index in [2.05, 4.69) is 17.1 Å². The Morgan fingerprint density at radius 1 is 1.20 bits per heavy atom. The highest BCUT2D eigenvalue weighted by Gasteiger charge is 2.22. The fraction of sp³-hybridized carbons (Fsp3) is 0.917. The Labute approximate surface area is 98.4 Å². The molecule has 2 aliphatic rings. The number of nitrogens with zero attached hydrogens (tertiary/aromatic N) is 1. The van der Waals surface area contributed by atoms with E-state index in [9.17, 15) is 0 Å². The first-order valence-corrected chi connectivity index (χ1v) is 6.72. The normalized spacial score (nSPS) is 28.1. The van der Waals surface area contributed by atoms with Gasteiger partial charge in [0, 0.05) is 19.1 Å². The second-order valence-electron chi connectivity index (χ2n) is 5.12. The van der Waals surface area contributed by atoms with E-state index in [1.165, 1.54) is 38.5 Å². The van der Waals surface area contributed by atoms with Crippen LogP contribution in [-0.2, 0) is 0 Å². The molecule has 1 aliphatic heterocycles. The summed E-state index contributed by atoms with van der Waals surface area (Å²) in [5.41, 5.74) is 0. The van der Waals surface area contributed by atoms with Crippen LogP contribution in [0.5, 0.6) is 0 Å². The lowest BCUT2D eigenvalue weighted by Crippen LogP contribution is -2.44. The average Bonchev–Trinajstić information content (AvgIpc) is 2.66. The molecule has 2 nitrogen and oxygen atoms in total. The van der Waals surface area contributed by atoms with Crippen LogP contribution in [0.1, 0.15) is 45.4 Å². The minimum absolute atomic E-state index is 0.655. The maximum absolute atomic E-state index is 5.46. The largest absolute Gasteiger partial charge is 0.360 e. The Morgan fingerprint density at radius 2 is 1.93 bits per heavy atom. The third kappa shape index (κ3) is 3.07. The zero-order valence-corrected chi connectivity index (χ0v) is 10.5. The van der Waals surface area contributed by atoms with Gasteiger partial charge in [-0.3, -0.25) is 0 Å². The molecule has 0 bridgehead atoms. The van der Waals surface area contributed by atoms with Crippen molar-refractivity contribution in [3.63, 3.8) is 0 Å². The summed E-state index contributed by atoms with van der Waals surface area (Å²) >= 11 is 5.46. The fourth-order valence-electron chi connectivity index (χ4n) is 2.63. The Kier molecular flexibility index (Phi) is 3.84. The van der Waals surface area contributed by atoms with Crippen molar-refractivity contribution in [2.75, 3.05) is 13.1 Å². The predicted octanol–water partition coefficient (Wildman–Crippen LogP) is 2.54. The lowest BCUT2D eigenvalue weighted by molar-refractivity contribution is 0.392. The van der Waals surface area contributed by atoms with E-state index in [4.69, 9.17) is 12.2 Å². The predicted molar refractivity (Wildman–Crippen MR) is 68.0 cm³/mol. The minimum Gasteiger partial charge on any atom is -0.360 e. The molecule has 1 unspecified atom stereocenters. The molecule has 3 heteroatoms. The molecule has 0 radical (unpaired) electrons. The van der Waals surface area contributed by atoms with Crippen LogP contribution in [-0.4, -0.2) is 29.1 Å². The molecule has 0 aromatic rings. The van der Waals surface area contributed by atoms with Gasteiger partial charge in [0.2, 0.25) is 0 Å². The van der Waals surface area contributed by atoms with E-state index in [0.29, 0.717) is 6.04 Å². The molecule has 0 aromatic heterocycles. The van der Waals surface area contributed by atoms with Crippen molar-refractivity contribution in [1.82, 2.24) is 10.2 Å². The molecule has 0 spiro atoms. The zero-order valence-electron chi connectivity index (χ0n) is 9.67. The van der Waals surface area contributed by atoms with Crippen molar-refractivity contribution in [3.8, 4) is 0 Å². The van der Waals surface area contributed by atoms with Crippen LogP contribution in [0.2, 0.25) is 0 Å². The smallest absolute Gasteiger partial charge is 0.169 e. The molecular weight excluding hydrogens is 204 g/mol. The van der Waals surface area contributed by atoms with E-state index in [1.54, 1.807) is 0 Å². The van der Waals surface area contributed by atoms with E-state index >= 15 is 0 Å². The number of thiocarbonyl (C=S) groups is 1. The van der Waals surface area contributed by atoms with Gasteiger partial charge >= 0.3 is 0 Å². The minimum atomic E-state index is 0.655. The molecule has 1 atom stereocenters. The Morgan fingerprint density at radius 3 is 2.53 bits per heavy atom. The number of hydrogen-bond acceptors (Lipinski definition) is 1. The van der Waals surface area contributed by atoms with E-state index in [1.807, 2.05) is 0 Å². The highest BCUT2D eigenvalue weighted by atomic mass is 32.1. The van der Waals surface area contributed by atoms with Gasteiger partial charge < -0.3 is 10.2 Å². The van der Waals surface area contributed by atoms with Crippen LogP contribution in [0, 0.1) is 5.92 Å². The third-order valence-electron chi connectivity index (χ3n) is 3.64. The van der Waals surface area contributed by atoms with Gasteiger partial charge in [0.25, 0.3) is 0 Å². The molecule has 0 amide bonds. The average molecular weight is 226 g/mol. The van der Waals surface area contributed by atoms with Crippen molar-refractivity contribution in [2.45, 2.75) is 51.5 Å². The first-order valence-electron chi connectivity index (χ1n) is 6.31. The molecule has 15 heavy (non-hydrogen) atoms. The topological polar surface area (TPSA) is 15.3 Å². The van der Waals surface area contributed by atoms with Crippen LogP contribution in [0.15, 0.2) is 0 Å². The van der Waals surface area contributed by atoms with Gasteiger partial charge in [-0.05, 0) is 37.4 Å². The van der Waals surface area contributed by atoms with E-state index < -0.39 is 0 Å². The molecule has 1 saturated heterocycles. The van der Waals surface area contributed by atoms with Gasteiger partial charge in [0.15, 0.2) is 5.11 Å². The molecule has 1 saturated carbocycles. The summed E-state index contributed by atoms with van der Waals surface area (Å²) < 4.78 is 0. The van der Waals surface area contributed by atoms with Crippen molar-refractivity contribution in [3.05, 3.63) is 0 Å². The molecule has 1 N–H and O–H groups in total. The van der Waals surface area contributed by atoms with Gasteiger partial charge in [-0.25, -0.2) is 0 Å². The molecule has 2 fully saturated rings. The molecule has 0 aromatic carbocycles. The van der Waals surface area contributed by atoms with Gasteiger partial charge in [-0.15, -0.1) is 0 Å². The SMILES string of the molecule is CC1CCN(C(=S)NC2CCCCC2)C1. The summed E-state index contributed by atoms with van der Waals surface area (Å²) in [6.45, 7) is 4.61. The lowest BCUT2D eigenvalue weighted by Gasteiger charge is -2.28. The molecule has 1 heterocycles. The Balaban J connectivity index is 1.76. The van der Waals surface area contributed by atoms with Crippen LogP contribution in [0.3, 0.4) is 0 Å². The van der Waals surface area contributed by atoms with E-state index in [-0.39, 0.29) is 0 Å². The number of hydrogen-bond donors (Lipinski definition) is 1. The first kappa shape index (κ1) is 11.2. The van der Waals surface area contributed by atoms with Gasteiger partial charge in [-0.1, -0.05) is 26.2 Å². The van der Waals surface area contributed by atoms with Gasteiger partial charge in [0.1, 0.15) is 0 Å². The van der Waals surface area contributed by atoms with Crippen LogP contribution in [0.25, 0.3) is 0 Å². The third-order valence-corrected chi connectivity index (χ3v) is 4.02. The fourth-order valence-corrected chi connectivity index (χ4v) is 2.96. The maximum atomic E-state index is 5.46. The quantitative estimate of drug-likeness (QED) is 0.692. The maximum Gasteiger partial charge on any atom is 0.169 e. The Hall–Kier alpha value is -0.310. The molecule has 86 valence electrons. The van der Waals surface area contributed by atoms with Crippen molar-refractivity contribution < 1.29 is 0 Å². The standard InChI is InChI=1S/C12H22N2S/c1-10-7-8-14(9-10)12(15)13-11-5-3-2-4-6-11/h10-11H,2-9H2,1H3,(H,13,15). The highest BCUT2D eigenvalue weighted by Crippen LogP contribution is 2.19. The number of likely N-dealkylation sites (tertiary alicyclic amines) is 1. The zero-order chi connectivity index (χ0) is 10.7. The molecule has 2 rings (SSSR count). The number of nitrogens with one attached hydrogen (secondary N) is 1. The van der Waals surface area contributed by atoms with Gasteiger partial charge in [-0.2, -0.15) is 0 Å². The van der Waals surface area contributed by atoms with Crippen LogP contribution >= 0.6 is 12.2 Å². The summed E-state index contributed by atoms with van der Waals surface area (Å²) in [5, 5.41) is 4.54. The lowest BCUT2D eigenvalue weighted by atomic mass is 9.96. The summed E-state index contributed by atoms with van der Waals surface area (Å²) in [5.74, 6) is 0.816. The van der Waals surface area contributed by atoms with Gasteiger partial charge in [0.05, 0.1) is 0 Å². The monoisotopic (exact) mass is 226 g/mol. The van der Waals surface area contributed by atoms with Crippen LogP contribution < -0.4 is 5.32 Å². The summed E-state index contributed by atoms with van der Waals surface area (Å²) in [6, 6.07) is 0.655. The van der Waals surface area contributed by atoms with Crippen molar-refractivity contribution in [1.29, 1.82) is 0 Å². The number of rotatable bonds is 1. The molecular formula is C12H22N2S. The Bertz CT molecular complexity index is 224. The first-order chi connectivity index (χ1) is 7.25. The second kappa shape index (κ2) is 5.15. The highest BCUT2D eigenvalue weighted by molar-refractivity contribution is 7.80. The summed E-state index contributed by atoms with van der Waals surface area (Å²) in [4.78, 5) is 2.34. The van der Waals surface area contributed by atoms with Crippen molar-refractivity contribution in [2.24, 2.45) is 5.92 Å². The van der Waals surface area contributed by atoms with E-state index in [0.717, 1.165) is 24.1 Å². The second-order valence-corrected chi connectivity index (χ2v) is 5.51. The summed E-state index contributed by atoms with van der Waals surface area (Å²) in [7, 11) is 0. The summed E-state index contributed by atoms with van der Waals surface area (Å²) in [6.07, 6.45) is 8.07. The van der Waals surface area contributed by atoms with Crippen LogP contribution in [0.4, 0.5) is 0 Å².